The van der Waals surface area contributed by atoms with Crippen molar-refractivity contribution in [2.24, 2.45) is 0 Å². The molecule has 104 valence electrons. The van der Waals surface area contributed by atoms with Gasteiger partial charge in [0.25, 0.3) is 0 Å². The van der Waals surface area contributed by atoms with Gasteiger partial charge in [-0.05, 0) is 30.3 Å². The molecule has 0 bridgehead atoms. The molecule has 0 amide bonds. The van der Waals surface area contributed by atoms with Crippen molar-refractivity contribution in [2.75, 3.05) is 12.9 Å². The quantitative estimate of drug-likeness (QED) is 0.796. The van der Waals surface area contributed by atoms with Crippen molar-refractivity contribution >= 4 is 16.6 Å². The molecule has 0 aliphatic rings. The Hall–Kier alpha value is -2.01. The van der Waals surface area contributed by atoms with Gasteiger partial charge >= 0.3 is 0 Å². The number of Topliss-reactive ketones (excluding diaryl/α,β-unsaturated/α-hetero) is 1. The van der Waals surface area contributed by atoms with Crippen LogP contribution in [0, 0.1) is 5.82 Å². The third-order valence-corrected chi connectivity index (χ3v) is 4.04. The maximum atomic E-state index is 13.5. The van der Waals surface area contributed by atoms with Gasteiger partial charge in [0.2, 0.25) is 0 Å². The van der Waals surface area contributed by atoms with E-state index in [-0.39, 0.29) is 11.3 Å². The summed E-state index contributed by atoms with van der Waals surface area (Å²) in [7, 11) is -0.0239. The Labute approximate surface area is 118 Å². The van der Waals surface area contributed by atoms with Crippen LogP contribution in [0.2, 0.25) is 0 Å². The maximum absolute atomic E-state index is 13.5. The summed E-state index contributed by atoms with van der Waals surface area (Å²) < 4.78 is 30.6. The zero-order valence-electron chi connectivity index (χ0n) is 10.8. The number of benzene rings is 2. The van der Waals surface area contributed by atoms with Crippen LogP contribution in [-0.4, -0.2) is 22.9 Å². The van der Waals surface area contributed by atoms with Crippen LogP contribution in [0.4, 0.5) is 4.39 Å². The second-order valence-electron chi connectivity index (χ2n) is 4.07. The van der Waals surface area contributed by atoms with Crippen LogP contribution in [0.1, 0.15) is 10.4 Å². The average Bonchev–Trinajstić information content (AvgIpc) is 2.47. The molecule has 0 aromatic heterocycles. The fraction of sp³-hybridized carbons (Fsp3) is 0.133. The minimum atomic E-state index is -1.53. The topological polar surface area (TPSA) is 43.4 Å². The second kappa shape index (κ2) is 6.43. The largest absolute Gasteiger partial charge is 0.497 e. The fourth-order valence-corrected chi connectivity index (χ4v) is 2.75. The molecule has 3 nitrogen and oxygen atoms in total. The second-order valence-corrected chi connectivity index (χ2v) is 5.52. The molecule has 0 aliphatic heterocycles. The van der Waals surface area contributed by atoms with E-state index in [1.165, 1.54) is 25.3 Å². The van der Waals surface area contributed by atoms with E-state index in [2.05, 4.69) is 0 Å². The molecule has 0 N–H and O–H groups in total. The van der Waals surface area contributed by atoms with E-state index in [0.717, 1.165) is 0 Å². The summed E-state index contributed by atoms with van der Waals surface area (Å²) in [5.74, 6) is -0.771. The first kappa shape index (κ1) is 14.4. The molecule has 0 radical (unpaired) electrons. The van der Waals surface area contributed by atoms with Gasteiger partial charge < -0.3 is 4.74 Å². The highest BCUT2D eigenvalue weighted by Crippen LogP contribution is 2.17. The molecule has 0 heterocycles. The summed E-state index contributed by atoms with van der Waals surface area (Å²) in [6.45, 7) is 0. The van der Waals surface area contributed by atoms with Crippen LogP contribution in [0.3, 0.4) is 0 Å². The molecule has 0 saturated heterocycles. The summed E-state index contributed by atoms with van der Waals surface area (Å²) >= 11 is 0. The Morgan fingerprint density at radius 2 is 1.95 bits per heavy atom. The molecular weight excluding hydrogens is 279 g/mol. The molecule has 0 fully saturated rings. The zero-order chi connectivity index (χ0) is 14.5. The molecular formula is C15H13FO3S. The number of halogens is 1. The van der Waals surface area contributed by atoms with Crippen molar-refractivity contribution in [2.45, 2.75) is 4.90 Å². The monoisotopic (exact) mass is 292 g/mol. The predicted octanol–water partition coefficient (Wildman–Crippen LogP) is 2.82. The molecule has 1 atom stereocenters. The van der Waals surface area contributed by atoms with Gasteiger partial charge in [-0.2, -0.15) is 0 Å². The Morgan fingerprint density at radius 3 is 2.65 bits per heavy atom. The summed E-state index contributed by atoms with van der Waals surface area (Å²) in [6, 6.07) is 12.3. The standard InChI is InChI=1S/C15H13FO3S/c1-19-11-5-4-6-12(9-11)20(18)10-15(17)13-7-2-3-8-14(13)16/h2-9H,10H2,1H3. The zero-order valence-corrected chi connectivity index (χ0v) is 11.7. The number of carbonyl (C=O) groups is 1. The Bertz CT molecular complexity index is 655. The summed E-state index contributed by atoms with van der Waals surface area (Å²) in [4.78, 5) is 12.4. The first-order valence-corrected chi connectivity index (χ1v) is 7.24. The Kier molecular flexibility index (Phi) is 4.63. The minimum absolute atomic E-state index is 0.0382. The van der Waals surface area contributed by atoms with Crippen molar-refractivity contribution < 1.29 is 18.1 Å². The lowest BCUT2D eigenvalue weighted by Crippen LogP contribution is -2.12. The van der Waals surface area contributed by atoms with Gasteiger partial charge in [-0.1, -0.05) is 18.2 Å². The molecule has 0 aliphatic carbocycles. The smallest absolute Gasteiger partial charge is 0.178 e. The summed E-state index contributed by atoms with van der Waals surface area (Å²) in [5.41, 5.74) is -0.0382. The van der Waals surface area contributed by atoms with E-state index in [1.54, 1.807) is 30.3 Å². The highest BCUT2D eigenvalue weighted by Gasteiger charge is 2.15. The van der Waals surface area contributed by atoms with Crippen LogP contribution < -0.4 is 4.74 Å². The molecule has 20 heavy (non-hydrogen) atoms. The first-order valence-electron chi connectivity index (χ1n) is 5.92. The number of ether oxygens (including phenoxy) is 1. The van der Waals surface area contributed by atoms with E-state index >= 15 is 0 Å². The van der Waals surface area contributed by atoms with Gasteiger partial charge in [-0.25, -0.2) is 4.39 Å². The highest BCUT2D eigenvalue weighted by molar-refractivity contribution is 7.85. The molecule has 0 spiro atoms. The van der Waals surface area contributed by atoms with Crippen LogP contribution >= 0.6 is 0 Å². The number of hydrogen-bond acceptors (Lipinski definition) is 3. The van der Waals surface area contributed by atoms with E-state index in [9.17, 15) is 13.4 Å². The van der Waals surface area contributed by atoms with Gasteiger partial charge in [0.05, 0.1) is 29.2 Å². The molecule has 0 saturated carbocycles. The van der Waals surface area contributed by atoms with Crippen LogP contribution in [-0.2, 0) is 10.8 Å². The SMILES string of the molecule is COc1cccc(S(=O)CC(=O)c2ccccc2F)c1. The lowest BCUT2D eigenvalue weighted by atomic mass is 10.1. The van der Waals surface area contributed by atoms with Crippen LogP contribution in [0.5, 0.6) is 5.75 Å². The minimum Gasteiger partial charge on any atom is -0.497 e. The van der Waals surface area contributed by atoms with Crippen molar-refractivity contribution in [3.05, 3.63) is 59.9 Å². The number of methoxy groups -OCH3 is 1. The number of rotatable bonds is 5. The van der Waals surface area contributed by atoms with Crippen molar-refractivity contribution in [3.63, 3.8) is 0 Å². The van der Waals surface area contributed by atoms with Crippen LogP contribution in [0.25, 0.3) is 0 Å². The van der Waals surface area contributed by atoms with Gasteiger partial charge in [0.15, 0.2) is 5.78 Å². The number of hydrogen-bond donors (Lipinski definition) is 0. The number of carbonyl (C=O) groups excluding carboxylic acids is 1. The number of ketones is 1. The average molecular weight is 292 g/mol. The van der Waals surface area contributed by atoms with Crippen molar-refractivity contribution in [1.29, 1.82) is 0 Å². The van der Waals surface area contributed by atoms with Crippen LogP contribution in [0.15, 0.2) is 53.4 Å². The van der Waals surface area contributed by atoms with E-state index in [4.69, 9.17) is 4.74 Å². The van der Waals surface area contributed by atoms with E-state index in [1.807, 2.05) is 0 Å². The normalized spacial score (nSPS) is 11.9. The maximum Gasteiger partial charge on any atom is 0.178 e. The Morgan fingerprint density at radius 1 is 1.20 bits per heavy atom. The molecule has 2 aromatic carbocycles. The highest BCUT2D eigenvalue weighted by atomic mass is 32.2. The summed E-state index contributed by atoms with van der Waals surface area (Å²) in [5, 5.41) is 0. The third kappa shape index (κ3) is 3.30. The first-order chi connectivity index (χ1) is 9.61. The van der Waals surface area contributed by atoms with Gasteiger partial charge in [0, 0.05) is 4.90 Å². The lowest BCUT2D eigenvalue weighted by molar-refractivity contribution is 0.101. The molecule has 2 rings (SSSR count). The molecule has 1 unspecified atom stereocenters. The predicted molar refractivity (Wildman–Crippen MR) is 75.0 cm³/mol. The molecule has 5 heteroatoms. The van der Waals surface area contributed by atoms with Gasteiger partial charge in [-0.15, -0.1) is 0 Å². The van der Waals surface area contributed by atoms with Gasteiger partial charge in [-0.3, -0.25) is 9.00 Å². The molecule has 2 aromatic rings. The van der Waals surface area contributed by atoms with Gasteiger partial charge in [0.1, 0.15) is 11.6 Å². The third-order valence-electron chi connectivity index (χ3n) is 2.74. The van der Waals surface area contributed by atoms with Crippen molar-refractivity contribution in [3.8, 4) is 5.75 Å². The Balaban J connectivity index is 2.15. The lowest BCUT2D eigenvalue weighted by Gasteiger charge is -2.05. The van der Waals surface area contributed by atoms with E-state index in [0.29, 0.717) is 10.6 Å². The van der Waals surface area contributed by atoms with E-state index < -0.39 is 22.4 Å². The fourth-order valence-electron chi connectivity index (χ4n) is 1.71. The van der Waals surface area contributed by atoms with Crippen molar-refractivity contribution in [1.82, 2.24) is 0 Å². The summed E-state index contributed by atoms with van der Waals surface area (Å²) in [6.07, 6.45) is 0.